The summed E-state index contributed by atoms with van der Waals surface area (Å²) in [4.78, 5) is 8.75. The topological polar surface area (TPSA) is 56.3 Å². The van der Waals surface area contributed by atoms with Crippen LogP contribution in [0.2, 0.25) is 0 Å². The van der Waals surface area contributed by atoms with Crippen molar-refractivity contribution in [2.24, 2.45) is 5.92 Å². The fourth-order valence-electron chi connectivity index (χ4n) is 3.21. The fourth-order valence-corrected chi connectivity index (χ4v) is 3.21. The lowest BCUT2D eigenvalue weighted by Gasteiger charge is -2.27. The lowest BCUT2D eigenvalue weighted by atomic mass is 9.87. The fraction of sp³-hybridized carbons (Fsp3) is 0.474. The van der Waals surface area contributed by atoms with Gasteiger partial charge in [-0.05, 0) is 49.3 Å². The summed E-state index contributed by atoms with van der Waals surface area (Å²) in [5.41, 5.74) is 1.23. The molecule has 5 nitrogen and oxygen atoms in total. The largest absolute Gasteiger partial charge is 0.573 e. The van der Waals surface area contributed by atoms with Crippen molar-refractivity contribution >= 4 is 5.95 Å². The molecule has 1 aliphatic carbocycles. The first-order valence-electron chi connectivity index (χ1n) is 8.88. The maximum atomic E-state index is 12.3. The molecule has 1 aliphatic rings. The van der Waals surface area contributed by atoms with Gasteiger partial charge in [0.2, 0.25) is 11.8 Å². The van der Waals surface area contributed by atoms with Crippen molar-refractivity contribution in [1.29, 1.82) is 0 Å². The van der Waals surface area contributed by atoms with E-state index in [1.807, 2.05) is 0 Å². The molecular weight excluding hydrogens is 359 g/mol. The smallest absolute Gasteiger partial charge is 0.480 e. The summed E-state index contributed by atoms with van der Waals surface area (Å²) in [5, 5.41) is 3.34. The van der Waals surface area contributed by atoms with E-state index in [4.69, 9.17) is 4.74 Å². The quantitative estimate of drug-likeness (QED) is 0.786. The maximum Gasteiger partial charge on any atom is 0.573 e. The maximum absolute atomic E-state index is 12.3. The molecule has 1 heterocycles. The van der Waals surface area contributed by atoms with Gasteiger partial charge in [-0.15, -0.1) is 13.2 Å². The van der Waals surface area contributed by atoms with Crippen LogP contribution in [0.5, 0.6) is 11.6 Å². The molecule has 1 aromatic heterocycles. The Hall–Kier alpha value is -2.51. The van der Waals surface area contributed by atoms with Crippen LogP contribution in [0.15, 0.2) is 30.5 Å². The Bertz CT molecular complexity index is 758. The number of rotatable bonds is 5. The van der Waals surface area contributed by atoms with Gasteiger partial charge in [-0.25, -0.2) is 4.98 Å². The molecule has 146 valence electrons. The standard InChI is InChI=1S/C19H22F3N3O2/c1-12-3-7-14(8-4-12)24-18-23-11-16(17(25-18)26-2)13-5-9-15(10-6-13)27-19(20,21)22/h5-6,9-12,14H,3-4,7-8H2,1-2H3,(H,23,24,25). The monoisotopic (exact) mass is 381 g/mol. The molecule has 0 aliphatic heterocycles. The van der Waals surface area contributed by atoms with Gasteiger partial charge in [0.05, 0.1) is 12.7 Å². The third kappa shape index (κ3) is 5.24. The molecule has 2 aromatic rings. The highest BCUT2D eigenvalue weighted by molar-refractivity contribution is 5.69. The predicted molar refractivity (Wildman–Crippen MR) is 95.7 cm³/mol. The van der Waals surface area contributed by atoms with Gasteiger partial charge in [-0.2, -0.15) is 4.98 Å². The average molecular weight is 381 g/mol. The molecule has 0 amide bonds. The number of nitrogens with zero attached hydrogens (tertiary/aromatic N) is 2. The molecular formula is C19H22F3N3O2. The SMILES string of the molecule is COc1nc(NC2CCC(C)CC2)ncc1-c1ccc(OC(F)(F)F)cc1. The summed E-state index contributed by atoms with van der Waals surface area (Å²) in [6, 6.07) is 5.86. The molecule has 1 N–H and O–H groups in total. The minimum Gasteiger partial charge on any atom is -0.480 e. The highest BCUT2D eigenvalue weighted by Crippen LogP contribution is 2.32. The summed E-state index contributed by atoms with van der Waals surface area (Å²) in [6.45, 7) is 2.26. The molecule has 0 bridgehead atoms. The molecule has 8 heteroatoms. The highest BCUT2D eigenvalue weighted by atomic mass is 19.4. The number of aromatic nitrogens is 2. The molecule has 1 fully saturated rings. The number of anilines is 1. The molecule has 0 unspecified atom stereocenters. The third-order valence-electron chi connectivity index (χ3n) is 4.70. The lowest BCUT2D eigenvalue weighted by molar-refractivity contribution is -0.274. The number of ether oxygens (including phenoxy) is 2. The number of alkyl halides is 3. The van der Waals surface area contributed by atoms with E-state index in [1.165, 1.54) is 44.2 Å². The average Bonchev–Trinajstić information content (AvgIpc) is 2.63. The van der Waals surface area contributed by atoms with E-state index in [2.05, 4.69) is 26.9 Å². The molecule has 0 atom stereocenters. The minimum absolute atomic E-state index is 0.282. The molecule has 0 saturated heterocycles. The summed E-state index contributed by atoms with van der Waals surface area (Å²) in [7, 11) is 1.50. The number of hydrogen-bond donors (Lipinski definition) is 1. The van der Waals surface area contributed by atoms with E-state index in [9.17, 15) is 13.2 Å². The Morgan fingerprint density at radius 1 is 1.07 bits per heavy atom. The second-order valence-electron chi connectivity index (χ2n) is 6.79. The highest BCUT2D eigenvalue weighted by Gasteiger charge is 2.31. The summed E-state index contributed by atoms with van der Waals surface area (Å²) in [5.74, 6) is 1.33. The van der Waals surface area contributed by atoms with Gasteiger partial charge in [0.15, 0.2) is 0 Å². The van der Waals surface area contributed by atoms with Crippen molar-refractivity contribution in [3.8, 4) is 22.8 Å². The van der Waals surface area contributed by atoms with Gasteiger partial charge >= 0.3 is 6.36 Å². The van der Waals surface area contributed by atoms with Gasteiger partial charge in [0.25, 0.3) is 0 Å². The van der Waals surface area contributed by atoms with E-state index < -0.39 is 6.36 Å². The first-order chi connectivity index (χ1) is 12.8. The zero-order chi connectivity index (χ0) is 19.4. The Kier molecular flexibility index (Phi) is 5.72. The second-order valence-corrected chi connectivity index (χ2v) is 6.79. The molecule has 27 heavy (non-hydrogen) atoms. The van der Waals surface area contributed by atoms with Crippen molar-refractivity contribution in [1.82, 2.24) is 9.97 Å². The molecule has 1 saturated carbocycles. The normalized spacial score (nSPS) is 20.2. The Morgan fingerprint density at radius 2 is 1.74 bits per heavy atom. The summed E-state index contributed by atoms with van der Waals surface area (Å²) in [6.07, 6.45) is 1.41. The van der Waals surface area contributed by atoms with Crippen molar-refractivity contribution in [3.05, 3.63) is 30.5 Å². The van der Waals surface area contributed by atoms with E-state index in [1.54, 1.807) is 6.20 Å². The van der Waals surface area contributed by atoms with Crippen molar-refractivity contribution in [2.75, 3.05) is 12.4 Å². The van der Waals surface area contributed by atoms with Crippen LogP contribution in [0.4, 0.5) is 19.1 Å². The number of methoxy groups -OCH3 is 1. The zero-order valence-corrected chi connectivity index (χ0v) is 15.2. The van der Waals surface area contributed by atoms with Crippen LogP contribution in [-0.4, -0.2) is 29.5 Å². The number of hydrogen-bond acceptors (Lipinski definition) is 5. The summed E-state index contributed by atoms with van der Waals surface area (Å²) >= 11 is 0. The summed E-state index contributed by atoms with van der Waals surface area (Å²) < 4.78 is 46.1. The van der Waals surface area contributed by atoms with Crippen LogP contribution >= 0.6 is 0 Å². The van der Waals surface area contributed by atoms with Crippen LogP contribution in [0, 0.1) is 5.92 Å². The van der Waals surface area contributed by atoms with E-state index >= 15 is 0 Å². The third-order valence-corrected chi connectivity index (χ3v) is 4.70. The van der Waals surface area contributed by atoms with Crippen molar-refractivity contribution in [2.45, 2.75) is 45.0 Å². The van der Waals surface area contributed by atoms with Crippen LogP contribution in [0.25, 0.3) is 11.1 Å². The zero-order valence-electron chi connectivity index (χ0n) is 15.2. The molecule has 1 aromatic carbocycles. The number of benzene rings is 1. The van der Waals surface area contributed by atoms with Crippen molar-refractivity contribution < 1.29 is 22.6 Å². The van der Waals surface area contributed by atoms with E-state index in [0.717, 1.165) is 18.8 Å². The Morgan fingerprint density at radius 3 is 2.33 bits per heavy atom. The van der Waals surface area contributed by atoms with Gasteiger partial charge in [0, 0.05) is 12.2 Å². The van der Waals surface area contributed by atoms with E-state index in [-0.39, 0.29) is 5.75 Å². The van der Waals surface area contributed by atoms with Gasteiger partial charge in [-0.1, -0.05) is 19.1 Å². The van der Waals surface area contributed by atoms with Gasteiger partial charge in [-0.3, -0.25) is 0 Å². The number of halogens is 3. The predicted octanol–water partition coefficient (Wildman–Crippen LogP) is 5.04. The van der Waals surface area contributed by atoms with Crippen molar-refractivity contribution in [3.63, 3.8) is 0 Å². The first-order valence-corrected chi connectivity index (χ1v) is 8.88. The van der Waals surface area contributed by atoms with E-state index in [0.29, 0.717) is 29.0 Å². The van der Waals surface area contributed by atoms with Crippen LogP contribution < -0.4 is 14.8 Å². The van der Waals surface area contributed by atoms with Crippen LogP contribution in [-0.2, 0) is 0 Å². The Labute approximate surface area is 155 Å². The molecule has 0 spiro atoms. The second kappa shape index (κ2) is 8.02. The van der Waals surface area contributed by atoms with Crippen LogP contribution in [0.3, 0.4) is 0 Å². The minimum atomic E-state index is -4.72. The van der Waals surface area contributed by atoms with Gasteiger partial charge in [0.1, 0.15) is 5.75 Å². The lowest BCUT2D eigenvalue weighted by Crippen LogP contribution is -2.26. The van der Waals surface area contributed by atoms with Crippen LogP contribution in [0.1, 0.15) is 32.6 Å². The molecule has 3 rings (SSSR count). The first kappa shape index (κ1) is 19.3. The molecule has 0 radical (unpaired) electrons. The Balaban J connectivity index is 1.74. The number of nitrogens with one attached hydrogen (secondary N) is 1. The van der Waals surface area contributed by atoms with Gasteiger partial charge < -0.3 is 14.8 Å².